The third-order valence-electron chi connectivity index (χ3n) is 3.73. The molecule has 0 aliphatic heterocycles. The minimum atomic E-state index is -0.385. The van der Waals surface area contributed by atoms with Gasteiger partial charge in [-0.25, -0.2) is 0 Å². The van der Waals surface area contributed by atoms with Gasteiger partial charge in [0, 0.05) is 18.2 Å². The van der Waals surface area contributed by atoms with Gasteiger partial charge in [-0.3, -0.25) is 9.59 Å². The number of esters is 1. The molecule has 2 aromatic rings. The van der Waals surface area contributed by atoms with Crippen molar-refractivity contribution in [2.75, 3.05) is 5.32 Å². The minimum Gasteiger partial charge on any atom is -0.427 e. The smallest absolute Gasteiger partial charge is 0.308 e. The van der Waals surface area contributed by atoms with Crippen LogP contribution in [0.2, 0.25) is 0 Å². The molecule has 2 aromatic carbocycles. The number of para-hydroxylation sites is 1. The molecule has 0 bridgehead atoms. The highest BCUT2D eigenvalue weighted by Gasteiger charge is 2.12. The molecule has 0 saturated carbocycles. The van der Waals surface area contributed by atoms with Crippen molar-refractivity contribution in [1.29, 1.82) is 0 Å². The number of hydrogen-bond acceptors (Lipinski definition) is 3. The number of ether oxygens (including phenoxy) is 1. The number of amides is 1. The minimum absolute atomic E-state index is 0.185. The van der Waals surface area contributed by atoms with Crippen molar-refractivity contribution in [2.45, 2.75) is 33.1 Å². The maximum Gasteiger partial charge on any atom is 0.308 e. The van der Waals surface area contributed by atoms with Gasteiger partial charge in [-0.05, 0) is 48.2 Å². The van der Waals surface area contributed by atoms with Gasteiger partial charge in [0.05, 0.1) is 0 Å². The Morgan fingerprint density at radius 3 is 2.35 bits per heavy atom. The largest absolute Gasteiger partial charge is 0.427 e. The fraction of sp³-hybridized carbons (Fsp3) is 0.263. The first-order chi connectivity index (χ1) is 11.0. The number of carbonyl (C=O) groups excluding carboxylic acids is 2. The molecule has 4 heteroatoms. The van der Waals surface area contributed by atoms with Gasteiger partial charge in [0.2, 0.25) is 0 Å². The molecule has 1 amide bonds. The van der Waals surface area contributed by atoms with Crippen LogP contribution in [0.3, 0.4) is 0 Å². The van der Waals surface area contributed by atoms with E-state index in [9.17, 15) is 9.59 Å². The third-order valence-corrected chi connectivity index (χ3v) is 3.73. The Balaban J connectivity index is 2.15. The zero-order chi connectivity index (χ0) is 16.8. The second kappa shape index (κ2) is 7.58. The van der Waals surface area contributed by atoms with E-state index in [0.717, 1.165) is 17.7 Å². The maximum atomic E-state index is 12.4. The first kappa shape index (κ1) is 16.7. The topological polar surface area (TPSA) is 55.4 Å². The molecular weight excluding hydrogens is 290 g/mol. The maximum absolute atomic E-state index is 12.4. The van der Waals surface area contributed by atoms with E-state index in [4.69, 9.17) is 4.74 Å². The SMILES string of the molecule is CC[C@@H](C)c1ccccc1NC(=O)c1ccc(OC(C)=O)cc1. The fourth-order valence-corrected chi connectivity index (χ4v) is 2.30. The monoisotopic (exact) mass is 311 g/mol. The molecule has 23 heavy (non-hydrogen) atoms. The van der Waals surface area contributed by atoms with E-state index in [-0.39, 0.29) is 11.9 Å². The highest BCUT2D eigenvalue weighted by Crippen LogP contribution is 2.27. The van der Waals surface area contributed by atoms with Gasteiger partial charge in [0.1, 0.15) is 5.75 Å². The third kappa shape index (κ3) is 4.42. The summed E-state index contributed by atoms with van der Waals surface area (Å²) in [6, 6.07) is 14.3. The quantitative estimate of drug-likeness (QED) is 0.658. The number of anilines is 1. The van der Waals surface area contributed by atoms with Gasteiger partial charge in [-0.1, -0.05) is 32.0 Å². The van der Waals surface area contributed by atoms with Crippen molar-refractivity contribution in [1.82, 2.24) is 0 Å². The number of rotatable bonds is 5. The van der Waals surface area contributed by atoms with E-state index in [1.54, 1.807) is 24.3 Å². The number of carbonyl (C=O) groups is 2. The van der Waals surface area contributed by atoms with Gasteiger partial charge >= 0.3 is 5.97 Å². The molecular formula is C19H21NO3. The van der Waals surface area contributed by atoms with Crippen molar-refractivity contribution in [3.05, 3.63) is 59.7 Å². The Bertz CT molecular complexity index is 692. The lowest BCUT2D eigenvalue weighted by atomic mass is 9.97. The second-order valence-electron chi connectivity index (χ2n) is 5.47. The summed E-state index contributed by atoms with van der Waals surface area (Å²) in [5.74, 6) is 0.228. The second-order valence-corrected chi connectivity index (χ2v) is 5.47. The summed E-state index contributed by atoms with van der Waals surface area (Å²) < 4.78 is 4.96. The lowest BCUT2D eigenvalue weighted by Gasteiger charge is -2.15. The predicted octanol–water partition coefficient (Wildman–Crippen LogP) is 4.38. The molecule has 0 aromatic heterocycles. The van der Waals surface area contributed by atoms with Crippen LogP contribution in [0.5, 0.6) is 5.75 Å². The van der Waals surface area contributed by atoms with Gasteiger partial charge in [-0.15, -0.1) is 0 Å². The molecule has 0 aliphatic carbocycles. The van der Waals surface area contributed by atoms with Gasteiger partial charge in [0.25, 0.3) is 5.91 Å². The fourth-order valence-electron chi connectivity index (χ4n) is 2.30. The molecule has 0 heterocycles. The molecule has 1 N–H and O–H groups in total. The van der Waals surface area contributed by atoms with Crippen LogP contribution in [-0.4, -0.2) is 11.9 Å². The summed E-state index contributed by atoms with van der Waals surface area (Å²) in [7, 11) is 0. The summed E-state index contributed by atoms with van der Waals surface area (Å²) in [5.41, 5.74) is 2.47. The van der Waals surface area contributed by atoms with Crippen molar-refractivity contribution in [2.24, 2.45) is 0 Å². The molecule has 2 rings (SSSR count). The lowest BCUT2D eigenvalue weighted by Crippen LogP contribution is -2.14. The Hall–Kier alpha value is -2.62. The van der Waals surface area contributed by atoms with Crippen LogP contribution in [0.4, 0.5) is 5.69 Å². The molecule has 4 nitrogen and oxygen atoms in total. The van der Waals surface area contributed by atoms with Crippen LogP contribution < -0.4 is 10.1 Å². The van der Waals surface area contributed by atoms with Gasteiger partial charge in [-0.2, -0.15) is 0 Å². The summed E-state index contributed by atoms with van der Waals surface area (Å²) in [4.78, 5) is 23.3. The molecule has 0 spiro atoms. The van der Waals surface area contributed by atoms with Gasteiger partial charge < -0.3 is 10.1 Å². The van der Waals surface area contributed by atoms with Crippen molar-refractivity contribution in [3.63, 3.8) is 0 Å². The van der Waals surface area contributed by atoms with E-state index in [1.165, 1.54) is 6.92 Å². The van der Waals surface area contributed by atoms with E-state index in [1.807, 2.05) is 24.3 Å². The summed E-state index contributed by atoms with van der Waals surface area (Å²) in [6.45, 7) is 5.60. The first-order valence-corrected chi connectivity index (χ1v) is 7.70. The predicted molar refractivity (Wildman–Crippen MR) is 90.9 cm³/mol. The Kier molecular flexibility index (Phi) is 5.52. The van der Waals surface area contributed by atoms with Gasteiger partial charge in [0.15, 0.2) is 0 Å². The zero-order valence-corrected chi connectivity index (χ0v) is 13.6. The zero-order valence-electron chi connectivity index (χ0n) is 13.6. The summed E-state index contributed by atoms with van der Waals surface area (Å²) in [6.07, 6.45) is 1.00. The normalized spacial score (nSPS) is 11.6. The van der Waals surface area contributed by atoms with Crippen LogP contribution in [0.1, 0.15) is 49.0 Å². The molecule has 0 unspecified atom stereocenters. The highest BCUT2D eigenvalue weighted by atomic mass is 16.5. The Morgan fingerprint density at radius 2 is 1.74 bits per heavy atom. The molecule has 120 valence electrons. The average Bonchev–Trinajstić information content (AvgIpc) is 2.54. The van der Waals surface area contributed by atoms with Crippen LogP contribution in [0, 0.1) is 0 Å². The Morgan fingerprint density at radius 1 is 1.09 bits per heavy atom. The number of benzene rings is 2. The molecule has 0 radical (unpaired) electrons. The van der Waals surface area contributed by atoms with Crippen molar-refractivity contribution in [3.8, 4) is 5.75 Å². The average molecular weight is 311 g/mol. The lowest BCUT2D eigenvalue weighted by molar-refractivity contribution is -0.131. The number of nitrogens with one attached hydrogen (secondary N) is 1. The van der Waals surface area contributed by atoms with Crippen molar-refractivity contribution < 1.29 is 14.3 Å². The first-order valence-electron chi connectivity index (χ1n) is 7.70. The van der Waals surface area contributed by atoms with E-state index < -0.39 is 0 Å². The van der Waals surface area contributed by atoms with Crippen LogP contribution in [0.25, 0.3) is 0 Å². The van der Waals surface area contributed by atoms with Crippen LogP contribution in [0.15, 0.2) is 48.5 Å². The summed E-state index contributed by atoms with van der Waals surface area (Å²) in [5, 5.41) is 2.96. The standard InChI is InChI=1S/C19H21NO3/c1-4-13(2)17-7-5-6-8-18(17)20-19(22)15-9-11-16(12-10-15)23-14(3)21/h5-13H,4H2,1-3H3,(H,20,22)/t13-/m1/s1. The summed E-state index contributed by atoms with van der Waals surface area (Å²) >= 11 is 0. The molecule has 0 aliphatic rings. The van der Waals surface area contributed by atoms with E-state index in [0.29, 0.717) is 17.2 Å². The Labute approximate surface area is 136 Å². The van der Waals surface area contributed by atoms with Crippen molar-refractivity contribution >= 4 is 17.6 Å². The molecule has 1 atom stereocenters. The van der Waals surface area contributed by atoms with E-state index >= 15 is 0 Å². The van der Waals surface area contributed by atoms with E-state index in [2.05, 4.69) is 19.2 Å². The van der Waals surface area contributed by atoms with Crippen LogP contribution >= 0.6 is 0 Å². The molecule has 0 saturated heterocycles. The highest BCUT2D eigenvalue weighted by molar-refractivity contribution is 6.04. The molecule has 0 fully saturated rings. The van der Waals surface area contributed by atoms with Crippen LogP contribution in [-0.2, 0) is 4.79 Å². The number of hydrogen-bond donors (Lipinski definition) is 1.